The lowest BCUT2D eigenvalue weighted by Gasteiger charge is -2.11. The second-order valence-electron chi connectivity index (χ2n) is 4.23. The Morgan fingerprint density at radius 1 is 1.28 bits per heavy atom. The van der Waals surface area contributed by atoms with E-state index in [2.05, 4.69) is 10.6 Å². The summed E-state index contributed by atoms with van der Waals surface area (Å²) in [5.74, 6) is -0.0751. The standard InChI is InChI=1S/C12H14N2O3S/c1-9-2-4-10(5-3-9)13-12(15)14-11-6-7-18(16,17)8-11/h2-7,11H,8H2,1H3,(H2,13,14,15)/t11-/m0/s1. The molecule has 0 unspecified atom stereocenters. The molecule has 0 saturated heterocycles. The minimum absolute atomic E-state index is 0.0751. The molecule has 0 aliphatic carbocycles. The third kappa shape index (κ3) is 3.33. The third-order valence-corrected chi connectivity index (χ3v) is 3.95. The molecular weight excluding hydrogens is 252 g/mol. The Balaban J connectivity index is 1.90. The van der Waals surface area contributed by atoms with Gasteiger partial charge < -0.3 is 10.6 Å². The number of amides is 2. The van der Waals surface area contributed by atoms with Crippen LogP contribution in [-0.4, -0.2) is 26.2 Å². The zero-order valence-electron chi connectivity index (χ0n) is 9.88. The number of urea groups is 1. The van der Waals surface area contributed by atoms with Gasteiger partial charge in [0, 0.05) is 11.1 Å². The molecule has 0 fully saturated rings. The number of sulfone groups is 1. The SMILES string of the molecule is Cc1ccc(NC(=O)N[C@H]2C=CS(=O)(=O)C2)cc1. The fraction of sp³-hybridized carbons (Fsp3) is 0.250. The topological polar surface area (TPSA) is 75.3 Å². The first-order chi connectivity index (χ1) is 8.44. The van der Waals surface area contributed by atoms with Crippen LogP contribution in [0.15, 0.2) is 35.7 Å². The minimum Gasteiger partial charge on any atom is -0.331 e. The molecule has 1 heterocycles. The highest BCUT2D eigenvalue weighted by molar-refractivity contribution is 7.94. The number of anilines is 1. The first-order valence-corrected chi connectivity index (χ1v) is 7.21. The summed E-state index contributed by atoms with van der Waals surface area (Å²) in [6.07, 6.45) is 1.48. The van der Waals surface area contributed by atoms with Gasteiger partial charge in [-0.2, -0.15) is 0 Å². The molecule has 1 aliphatic rings. The van der Waals surface area contributed by atoms with Crippen LogP contribution >= 0.6 is 0 Å². The molecule has 0 bridgehead atoms. The van der Waals surface area contributed by atoms with Gasteiger partial charge in [0.2, 0.25) is 0 Å². The van der Waals surface area contributed by atoms with Crippen LogP contribution in [-0.2, 0) is 9.84 Å². The second kappa shape index (κ2) is 4.81. The maximum atomic E-state index is 11.6. The van der Waals surface area contributed by atoms with Crippen molar-refractivity contribution >= 4 is 21.6 Å². The van der Waals surface area contributed by atoms with Gasteiger partial charge in [-0.1, -0.05) is 17.7 Å². The van der Waals surface area contributed by atoms with E-state index in [1.54, 1.807) is 12.1 Å². The van der Waals surface area contributed by atoms with E-state index < -0.39 is 21.9 Å². The zero-order chi connectivity index (χ0) is 13.2. The smallest absolute Gasteiger partial charge is 0.319 e. The van der Waals surface area contributed by atoms with Crippen molar-refractivity contribution in [1.29, 1.82) is 0 Å². The van der Waals surface area contributed by atoms with Crippen molar-refractivity contribution in [3.05, 3.63) is 41.3 Å². The molecule has 6 heteroatoms. The normalized spacial score (nSPS) is 20.6. The van der Waals surface area contributed by atoms with E-state index in [9.17, 15) is 13.2 Å². The van der Waals surface area contributed by atoms with Gasteiger partial charge in [-0.3, -0.25) is 0 Å². The summed E-state index contributed by atoms with van der Waals surface area (Å²) in [5, 5.41) is 6.35. The number of carbonyl (C=O) groups is 1. The van der Waals surface area contributed by atoms with E-state index in [4.69, 9.17) is 0 Å². The van der Waals surface area contributed by atoms with Crippen molar-refractivity contribution in [2.45, 2.75) is 13.0 Å². The molecule has 1 atom stereocenters. The monoisotopic (exact) mass is 266 g/mol. The van der Waals surface area contributed by atoms with Gasteiger partial charge in [-0.25, -0.2) is 13.2 Å². The molecule has 2 N–H and O–H groups in total. The van der Waals surface area contributed by atoms with Crippen LogP contribution in [0, 0.1) is 6.92 Å². The van der Waals surface area contributed by atoms with Gasteiger partial charge in [0.1, 0.15) is 0 Å². The predicted molar refractivity (Wildman–Crippen MR) is 70.0 cm³/mol. The highest BCUT2D eigenvalue weighted by Crippen LogP contribution is 2.10. The summed E-state index contributed by atoms with van der Waals surface area (Å²) in [4.78, 5) is 11.6. The number of aryl methyl sites for hydroxylation is 1. The average molecular weight is 266 g/mol. The van der Waals surface area contributed by atoms with E-state index >= 15 is 0 Å². The molecule has 0 spiro atoms. The number of rotatable bonds is 2. The van der Waals surface area contributed by atoms with Crippen molar-refractivity contribution in [1.82, 2.24) is 5.32 Å². The molecule has 0 aromatic heterocycles. The van der Waals surface area contributed by atoms with Crippen LogP contribution in [0.1, 0.15) is 5.56 Å². The van der Waals surface area contributed by atoms with Crippen molar-refractivity contribution in [3.63, 3.8) is 0 Å². The quantitative estimate of drug-likeness (QED) is 0.850. The van der Waals surface area contributed by atoms with Crippen LogP contribution in [0.3, 0.4) is 0 Å². The van der Waals surface area contributed by atoms with Crippen LogP contribution in [0.5, 0.6) is 0 Å². The lowest BCUT2D eigenvalue weighted by Crippen LogP contribution is -2.38. The lowest BCUT2D eigenvalue weighted by molar-refractivity contribution is 0.251. The van der Waals surface area contributed by atoms with Crippen LogP contribution in [0.4, 0.5) is 10.5 Å². The highest BCUT2D eigenvalue weighted by atomic mass is 32.2. The Bertz CT molecular complexity index is 576. The molecule has 0 saturated carbocycles. The van der Waals surface area contributed by atoms with Crippen molar-refractivity contribution in [2.75, 3.05) is 11.1 Å². The minimum atomic E-state index is -3.14. The molecule has 1 aromatic rings. The zero-order valence-corrected chi connectivity index (χ0v) is 10.7. The van der Waals surface area contributed by atoms with Gasteiger partial charge in [0.15, 0.2) is 9.84 Å². The lowest BCUT2D eigenvalue weighted by atomic mass is 10.2. The first-order valence-electron chi connectivity index (χ1n) is 5.50. The molecule has 2 amide bonds. The van der Waals surface area contributed by atoms with Crippen LogP contribution < -0.4 is 10.6 Å². The molecule has 2 rings (SSSR count). The van der Waals surface area contributed by atoms with Gasteiger partial charge in [-0.05, 0) is 25.1 Å². The van der Waals surface area contributed by atoms with Crippen LogP contribution in [0.25, 0.3) is 0 Å². The number of benzene rings is 1. The van der Waals surface area contributed by atoms with E-state index in [0.29, 0.717) is 5.69 Å². The van der Waals surface area contributed by atoms with Crippen LogP contribution in [0.2, 0.25) is 0 Å². The predicted octanol–water partition coefficient (Wildman–Crippen LogP) is 1.43. The summed E-state index contributed by atoms with van der Waals surface area (Å²) in [6.45, 7) is 1.96. The largest absolute Gasteiger partial charge is 0.331 e. The summed E-state index contributed by atoms with van der Waals surface area (Å²) in [7, 11) is -3.14. The maximum absolute atomic E-state index is 11.6. The fourth-order valence-corrected chi connectivity index (χ4v) is 2.87. The molecule has 96 valence electrons. The molecule has 1 aromatic carbocycles. The summed E-state index contributed by atoms with van der Waals surface area (Å²) < 4.78 is 22.3. The van der Waals surface area contributed by atoms with Gasteiger partial charge in [-0.15, -0.1) is 0 Å². The summed E-state index contributed by atoms with van der Waals surface area (Å²) in [5.41, 5.74) is 1.77. The Labute approximate surface area is 106 Å². The third-order valence-electron chi connectivity index (χ3n) is 2.56. The number of nitrogens with one attached hydrogen (secondary N) is 2. The Morgan fingerprint density at radius 3 is 2.50 bits per heavy atom. The van der Waals surface area contributed by atoms with E-state index in [1.807, 2.05) is 19.1 Å². The summed E-state index contributed by atoms with van der Waals surface area (Å²) in [6, 6.07) is 6.48. The second-order valence-corrected chi connectivity index (χ2v) is 6.16. The van der Waals surface area contributed by atoms with Crippen molar-refractivity contribution in [2.24, 2.45) is 0 Å². The molecule has 1 aliphatic heterocycles. The van der Waals surface area contributed by atoms with E-state index in [0.717, 1.165) is 11.0 Å². The number of carbonyl (C=O) groups excluding carboxylic acids is 1. The number of hydrogen-bond acceptors (Lipinski definition) is 3. The number of hydrogen-bond donors (Lipinski definition) is 2. The summed E-state index contributed by atoms with van der Waals surface area (Å²) >= 11 is 0. The first kappa shape index (κ1) is 12.6. The molecular formula is C12H14N2O3S. The van der Waals surface area contributed by atoms with Crippen molar-refractivity contribution < 1.29 is 13.2 Å². The maximum Gasteiger partial charge on any atom is 0.319 e. The van der Waals surface area contributed by atoms with Crippen molar-refractivity contribution in [3.8, 4) is 0 Å². The average Bonchev–Trinajstić information content (AvgIpc) is 2.61. The van der Waals surface area contributed by atoms with Gasteiger partial charge in [0.25, 0.3) is 0 Å². The molecule has 18 heavy (non-hydrogen) atoms. The Morgan fingerprint density at radius 2 is 1.94 bits per heavy atom. The highest BCUT2D eigenvalue weighted by Gasteiger charge is 2.22. The van der Waals surface area contributed by atoms with E-state index in [1.165, 1.54) is 6.08 Å². The van der Waals surface area contributed by atoms with Gasteiger partial charge >= 0.3 is 6.03 Å². The fourth-order valence-electron chi connectivity index (χ4n) is 1.64. The van der Waals surface area contributed by atoms with E-state index in [-0.39, 0.29) is 5.75 Å². The molecule has 0 radical (unpaired) electrons. The Hall–Kier alpha value is -1.82. The van der Waals surface area contributed by atoms with Gasteiger partial charge in [0.05, 0.1) is 11.8 Å². The Kier molecular flexibility index (Phi) is 3.38. The molecule has 5 nitrogen and oxygen atoms in total.